The van der Waals surface area contributed by atoms with Crippen molar-refractivity contribution in [1.29, 1.82) is 0 Å². The molecular formula is C8H14N2O. The zero-order valence-electron chi connectivity index (χ0n) is 6.99. The molecule has 3 heteroatoms. The van der Waals surface area contributed by atoms with Gasteiger partial charge in [-0.1, -0.05) is 13.3 Å². The Hall–Kier alpha value is -0.990. The number of rotatable bonds is 3. The van der Waals surface area contributed by atoms with E-state index < -0.39 is 0 Å². The molecule has 0 fully saturated rings. The summed E-state index contributed by atoms with van der Waals surface area (Å²) in [6, 6.07) is 1.99. The van der Waals surface area contributed by atoms with Gasteiger partial charge in [-0.2, -0.15) is 0 Å². The lowest BCUT2D eigenvalue weighted by Gasteiger charge is -2.09. The summed E-state index contributed by atoms with van der Waals surface area (Å²) < 4.78 is 1.79. The molecule has 0 aliphatic heterocycles. The summed E-state index contributed by atoms with van der Waals surface area (Å²) >= 11 is 0. The quantitative estimate of drug-likeness (QED) is 0.722. The fourth-order valence-electron chi connectivity index (χ4n) is 1.12. The fraction of sp³-hybridized carbons (Fsp3) is 0.625. The van der Waals surface area contributed by atoms with E-state index in [0.717, 1.165) is 12.8 Å². The van der Waals surface area contributed by atoms with Gasteiger partial charge in [-0.25, -0.2) is 0 Å². The smallest absolute Gasteiger partial charge is 0.230 e. The highest BCUT2D eigenvalue weighted by Gasteiger charge is 2.03. The molecule has 62 valence electrons. The normalized spacial score (nSPS) is 13.3. The van der Waals surface area contributed by atoms with Crippen LogP contribution < -0.4 is 0 Å². The van der Waals surface area contributed by atoms with E-state index in [1.165, 1.54) is 0 Å². The lowest BCUT2D eigenvalue weighted by molar-refractivity contribution is 0.406. The summed E-state index contributed by atoms with van der Waals surface area (Å²) in [5.74, 6) is 0.105. The molecule has 1 aromatic rings. The molecule has 0 radical (unpaired) electrons. The number of nitrogens with zero attached hydrogens (tertiary/aromatic N) is 2. The summed E-state index contributed by atoms with van der Waals surface area (Å²) in [6.07, 6.45) is 4.04. The lowest BCUT2D eigenvalue weighted by Crippen LogP contribution is -2.04. The van der Waals surface area contributed by atoms with Gasteiger partial charge in [-0.05, 0) is 13.3 Å². The highest BCUT2D eigenvalue weighted by atomic mass is 16.3. The molecule has 0 aromatic carbocycles. The van der Waals surface area contributed by atoms with Gasteiger partial charge < -0.3 is 5.11 Å². The summed E-state index contributed by atoms with van der Waals surface area (Å²) in [5.41, 5.74) is 0. The van der Waals surface area contributed by atoms with Crippen LogP contribution in [0.15, 0.2) is 12.3 Å². The minimum absolute atomic E-state index is 0.105. The Morgan fingerprint density at radius 3 is 2.91 bits per heavy atom. The molecule has 11 heavy (non-hydrogen) atoms. The number of hydrogen-bond acceptors (Lipinski definition) is 2. The monoisotopic (exact) mass is 154 g/mol. The highest BCUT2D eigenvalue weighted by molar-refractivity contribution is 5.03. The molecule has 0 aliphatic carbocycles. The lowest BCUT2D eigenvalue weighted by atomic mass is 10.2. The second-order valence-corrected chi connectivity index (χ2v) is 2.79. The molecule has 0 saturated heterocycles. The van der Waals surface area contributed by atoms with Crippen molar-refractivity contribution in [3.63, 3.8) is 0 Å². The van der Waals surface area contributed by atoms with Crippen LogP contribution >= 0.6 is 0 Å². The van der Waals surface area contributed by atoms with Crippen molar-refractivity contribution >= 4 is 0 Å². The molecule has 0 spiro atoms. The van der Waals surface area contributed by atoms with Gasteiger partial charge in [-0.3, -0.25) is 4.68 Å². The Kier molecular flexibility index (Phi) is 2.52. The van der Waals surface area contributed by atoms with Gasteiger partial charge in [-0.15, -0.1) is 5.10 Å². The topological polar surface area (TPSA) is 38.0 Å². The van der Waals surface area contributed by atoms with Crippen LogP contribution in [0.5, 0.6) is 5.88 Å². The fourth-order valence-corrected chi connectivity index (χ4v) is 1.12. The average molecular weight is 154 g/mol. The second-order valence-electron chi connectivity index (χ2n) is 2.79. The maximum Gasteiger partial charge on any atom is 0.230 e. The first-order valence-electron chi connectivity index (χ1n) is 3.98. The van der Waals surface area contributed by atoms with Crippen LogP contribution in [0, 0.1) is 0 Å². The van der Waals surface area contributed by atoms with E-state index in [1.54, 1.807) is 16.9 Å². The molecule has 1 N–H and O–H groups in total. The summed E-state index contributed by atoms with van der Waals surface area (Å²) in [6.45, 7) is 4.23. The maximum atomic E-state index is 8.94. The Balaban J connectivity index is 2.60. The zero-order chi connectivity index (χ0) is 8.27. The van der Waals surface area contributed by atoms with Crippen LogP contribution in [0.1, 0.15) is 32.7 Å². The van der Waals surface area contributed by atoms with E-state index >= 15 is 0 Å². The average Bonchev–Trinajstić information content (AvgIpc) is 2.36. The first kappa shape index (κ1) is 8.11. The van der Waals surface area contributed by atoms with E-state index in [2.05, 4.69) is 18.9 Å². The van der Waals surface area contributed by atoms with Crippen LogP contribution in [-0.2, 0) is 0 Å². The van der Waals surface area contributed by atoms with Crippen molar-refractivity contribution in [1.82, 2.24) is 9.78 Å². The zero-order valence-corrected chi connectivity index (χ0v) is 6.99. The van der Waals surface area contributed by atoms with Crippen LogP contribution in [0.25, 0.3) is 0 Å². The van der Waals surface area contributed by atoms with Crippen molar-refractivity contribution in [2.45, 2.75) is 32.7 Å². The first-order chi connectivity index (χ1) is 5.24. The third-order valence-corrected chi connectivity index (χ3v) is 1.75. The molecule has 0 aliphatic rings. The largest absolute Gasteiger partial charge is 0.492 e. The van der Waals surface area contributed by atoms with Crippen molar-refractivity contribution in [2.75, 3.05) is 0 Å². The number of hydrogen-bond donors (Lipinski definition) is 1. The molecule has 1 rings (SSSR count). The Morgan fingerprint density at radius 2 is 2.45 bits per heavy atom. The van der Waals surface area contributed by atoms with E-state index in [-0.39, 0.29) is 5.88 Å². The molecule has 0 amide bonds. The van der Waals surface area contributed by atoms with Gasteiger partial charge in [0, 0.05) is 18.3 Å². The van der Waals surface area contributed by atoms with Gasteiger partial charge in [0.2, 0.25) is 5.88 Å². The predicted octanol–water partition coefficient (Wildman–Crippen LogP) is 1.95. The minimum atomic E-state index is 0.105. The van der Waals surface area contributed by atoms with Crippen molar-refractivity contribution < 1.29 is 5.11 Å². The number of aromatic nitrogens is 2. The van der Waals surface area contributed by atoms with Gasteiger partial charge >= 0.3 is 0 Å². The predicted molar refractivity (Wildman–Crippen MR) is 43.5 cm³/mol. The third-order valence-electron chi connectivity index (χ3n) is 1.75. The molecule has 1 unspecified atom stereocenters. The summed E-state index contributed by atoms with van der Waals surface area (Å²) in [7, 11) is 0. The van der Waals surface area contributed by atoms with E-state index in [4.69, 9.17) is 5.11 Å². The van der Waals surface area contributed by atoms with Crippen LogP contribution in [-0.4, -0.2) is 14.9 Å². The molecule has 0 bridgehead atoms. The molecular weight excluding hydrogens is 140 g/mol. The van der Waals surface area contributed by atoms with Gasteiger partial charge in [0.05, 0.1) is 0 Å². The molecule has 0 saturated carbocycles. The molecule has 1 atom stereocenters. The SMILES string of the molecule is CCCC(C)n1ccc(O)n1. The standard InChI is InChI=1S/C8H14N2O/c1-3-4-7(2)10-6-5-8(11)9-10/h5-7H,3-4H2,1-2H3,(H,9,11). The van der Waals surface area contributed by atoms with Crippen LogP contribution in [0.3, 0.4) is 0 Å². The summed E-state index contributed by atoms with van der Waals surface area (Å²) in [4.78, 5) is 0. The van der Waals surface area contributed by atoms with Crippen molar-refractivity contribution in [3.8, 4) is 5.88 Å². The second kappa shape index (κ2) is 3.42. The van der Waals surface area contributed by atoms with Gasteiger partial charge in [0.25, 0.3) is 0 Å². The van der Waals surface area contributed by atoms with E-state index in [1.807, 2.05) is 0 Å². The van der Waals surface area contributed by atoms with Gasteiger partial charge in [0.15, 0.2) is 0 Å². The van der Waals surface area contributed by atoms with Crippen LogP contribution in [0.2, 0.25) is 0 Å². The third kappa shape index (κ3) is 1.97. The van der Waals surface area contributed by atoms with E-state index in [9.17, 15) is 0 Å². The maximum absolute atomic E-state index is 8.94. The van der Waals surface area contributed by atoms with Crippen LogP contribution in [0.4, 0.5) is 0 Å². The Labute approximate surface area is 66.7 Å². The first-order valence-corrected chi connectivity index (χ1v) is 3.98. The number of aromatic hydroxyl groups is 1. The van der Waals surface area contributed by atoms with Crippen molar-refractivity contribution in [3.05, 3.63) is 12.3 Å². The van der Waals surface area contributed by atoms with Gasteiger partial charge in [0.1, 0.15) is 0 Å². The Morgan fingerprint density at radius 1 is 1.73 bits per heavy atom. The summed E-state index contributed by atoms with van der Waals surface area (Å²) in [5, 5.41) is 12.8. The minimum Gasteiger partial charge on any atom is -0.492 e. The Bertz CT molecular complexity index is 220. The van der Waals surface area contributed by atoms with Crippen molar-refractivity contribution in [2.24, 2.45) is 0 Å². The molecule has 1 aromatic heterocycles. The molecule has 1 heterocycles. The molecule has 3 nitrogen and oxygen atoms in total. The van der Waals surface area contributed by atoms with E-state index in [0.29, 0.717) is 6.04 Å². The highest BCUT2D eigenvalue weighted by Crippen LogP contribution is 2.13.